The zero-order valence-electron chi connectivity index (χ0n) is 16.2. The van der Waals surface area contributed by atoms with Crippen LogP contribution in [0.3, 0.4) is 0 Å². The Bertz CT molecular complexity index is 985. The fourth-order valence-corrected chi connectivity index (χ4v) is 5.33. The molecule has 2 aromatic rings. The monoisotopic (exact) mass is 420 g/mol. The van der Waals surface area contributed by atoms with Crippen molar-refractivity contribution in [1.29, 1.82) is 0 Å². The van der Waals surface area contributed by atoms with Crippen LogP contribution in [0.15, 0.2) is 41.3 Å². The first kappa shape index (κ1) is 20.8. The molecule has 28 heavy (non-hydrogen) atoms. The Hall–Kier alpha value is -1.89. The van der Waals surface area contributed by atoms with Crippen LogP contribution in [0.2, 0.25) is 5.02 Å². The van der Waals surface area contributed by atoms with Gasteiger partial charge in [0.1, 0.15) is 0 Å². The zero-order chi connectivity index (χ0) is 20.3. The predicted molar refractivity (Wildman–Crippen MR) is 113 cm³/mol. The van der Waals surface area contributed by atoms with Crippen LogP contribution in [0.25, 0.3) is 0 Å². The summed E-state index contributed by atoms with van der Waals surface area (Å²) in [7, 11) is -3.67. The van der Waals surface area contributed by atoms with Crippen LogP contribution in [0.5, 0.6) is 0 Å². The molecule has 0 saturated carbocycles. The van der Waals surface area contributed by atoms with Gasteiger partial charge in [0.2, 0.25) is 10.0 Å². The summed E-state index contributed by atoms with van der Waals surface area (Å²) >= 11 is 6.23. The molecule has 0 bridgehead atoms. The van der Waals surface area contributed by atoms with Gasteiger partial charge in [0.05, 0.1) is 15.5 Å². The minimum Gasteiger partial charge on any atom is -0.322 e. The lowest BCUT2D eigenvalue weighted by molar-refractivity contribution is 0.102. The van der Waals surface area contributed by atoms with Crippen LogP contribution in [0, 0.1) is 0 Å². The van der Waals surface area contributed by atoms with E-state index in [1.54, 1.807) is 13.8 Å². The van der Waals surface area contributed by atoms with Gasteiger partial charge in [0.15, 0.2) is 0 Å². The zero-order valence-corrected chi connectivity index (χ0v) is 17.7. The van der Waals surface area contributed by atoms with Gasteiger partial charge in [-0.2, -0.15) is 4.31 Å². The van der Waals surface area contributed by atoms with E-state index in [1.165, 1.54) is 28.1 Å². The summed E-state index contributed by atoms with van der Waals surface area (Å²) in [4.78, 5) is 13.0. The molecule has 5 nitrogen and oxygen atoms in total. The average molecular weight is 421 g/mol. The Labute approximate surface area is 171 Å². The predicted octanol–water partition coefficient (Wildman–Crippen LogP) is 4.50. The van der Waals surface area contributed by atoms with Crippen LogP contribution in [-0.2, 0) is 22.9 Å². The highest BCUT2D eigenvalue weighted by molar-refractivity contribution is 7.89. The summed E-state index contributed by atoms with van der Waals surface area (Å²) in [6.07, 6.45) is 4.19. The largest absolute Gasteiger partial charge is 0.322 e. The first-order valence-electron chi connectivity index (χ1n) is 9.60. The first-order valence-corrected chi connectivity index (χ1v) is 11.4. The first-order chi connectivity index (χ1) is 13.4. The number of carbonyl (C=O) groups is 1. The third-order valence-electron chi connectivity index (χ3n) is 5.17. The quantitative estimate of drug-likeness (QED) is 0.748. The van der Waals surface area contributed by atoms with Gasteiger partial charge in [0, 0.05) is 18.8 Å². The molecule has 0 aliphatic heterocycles. The number of carbonyl (C=O) groups excluding carboxylic acids is 1. The number of nitrogens with one attached hydrogen (secondary N) is 1. The van der Waals surface area contributed by atoms with E-state index in [2.05, 4.69) is 11.4 Å². The third-order valence-corrected chi connectivity index (χ3v) is 7.55. The van der Waals surface area contributed by atoms with Crippen molar-refractivity contribution in [3.8, 4) is 0 Å². The standard InChI is InChI=1S/C21H25ClN2O3S/c1-3-24(4-2)28(26,27)16-12-13-19(22)18(14-16)21(25)23-20-11-7-9-15-8-5-6-10-17(15)20/h7,9,11-14H,3-6,8,10H2,1-2H3,(H,23,25). The Morgan fingerprint density at radius 3 is 2.54 bits per heavy atom. The van der Waals surface area contributed by atoms with Crippen LogP contribution in [-0.4, -0.2) is 31.7 Å². The van der Waals surface area contributed by atoms with E-state index in [9.17, 15) is 13.2 Å². The Morgan fingerprint density at radius 1 is 1.11 bits per heavy atom. The second-order valence-electron chi connectivity index (χ2n) is 6.84. The van der Waals surface area contributed by atoms with Gasteiger partial charge in [-0.3, -0.25) is 4.79 Å². The fourth-order valence-electron chi connectivity index (χ4n) is 3.64. The van der Waals surface area contributed by atoms with E-state index in [1.807, 2.05) is 12.1 Å². The van der Waals surface area contributed by atoms with Crippen LogP contribution in [0.1, 0.15) is 48.2 Å². The van der Waals surface area contributed by atoms with E-state index in [0.29, 0.717) is 13.1 Å². The van der Waals surface area contributed by atoms with E-state index < -0.39 is 15.9 Å². The van der Waals surface area contributed by atoms with Crippen molar-refractivity contribution >= 4 is 33.2 Å². The second kappa shape index (κ2) is 8.64. The number of nitrogens with zero attached hydrogens (tertiary/aromatic N) is 1. The number of anilines is 1. The van der Waals surface area contributed by atoms with Crippen molar-refractivity contribution < 1.29 is 13.2 Å². The number of benzene rings is 2. The van der Waals surface area contributed by atoms with E-state index in [-0.39, 0.29) is 15.5 Å². The molecule has 1 amide bonds. The maximum absolute atomic E-state index is 12.9. The average Bonchev–Trinajstić information content (AvgIpc) is 2.69. The summed E-state index contributed by atoms with van der Waals surface area (Å²) in [6, 6.07) is 10.2. The van der Waals surface area contributed by atoms with Crippen LogP contribution in [0.4, 0.5) is 5.69 Å². The van der Waals surface area contributed by atoms with Crippen molar-refractivity contribution in [3.05, 3.63) is 58.1 Å². The third kappa shape index (κ3) is 4.09. The Balaban J connectivity index is 1.93. The highest BCUT2D eigenvalue weighted by atomic mass is 35.5. The summed E-state index contributed by atoms with van der Waals surface area (Å²) in [6.45, 7) is 4.28. The molecule has 2 aromatic carbocycles. The molecule has 1 aliphatic rings. The van der Waals surface area contributed by atoms with Gasteiger partial charge in [-0.15, -0.1) is 0 Å². The normalized spacial score (nSPS) is 14.0. The number of sulfonamides is 1. The number of aryl methyl sites for hydroxylation is 1. The topological polar surface area (TPSA) is 66.5 Å². The van der Waals surface area contributed by atoms with Crippen LogP contribution >= 0.6 is 11.6 Å². The lowest BCUT2D eigenvalue weighted by atomic mass is 9.90. The molecule has 0 fully saturated rings. The lowest BCUT2D eigenvalue weighted by Gasteiger charge is -2.20. The lowest BCUT2D eigenvalue weighted by Crippen LogP contribution is -2.30. The van der Waals surface area contributed by atoms with Crippen molar-refractivity contribution in [2.45, 2.75) is 44.4 Å². The van der Waals surface area contributed by atoms with Gasteiger partial charge in [0.25, 0.3) is 5.91 Å². The number of halogens is 1. The maximum Gasteiger partial charge on any atom is 0.257 e. The second-order valence-corrected chi connectivity index (χ2v) is 9.18. The molecule has 0 spiro atoms. The van der Waals surface area contributed by atoms with E-state index in [0.717, 1.165) is 36.9 Å². The van der Waals surface area contributed by atoms with E-state index in [4.69, 9.17) is 11.6 Å². The fraction of sp³-hybridized carbons (Fsp3) is 0.381. The van der Waals surface area contributed by atoms with Gasteiger partial charge in [-0.1, -0.05) is 37.6 Å². The minimum atomic E-state index is -3.67. The summed E-state index contributed by atoms with van der Waals surface area (Å²) < 4.78 is 26.9. The van der Waals surface area contributed by atoms with Crippen molar-refractivity contribution in [2.75, 3.05) is 18.4 Å². The van der Waals surface area contributed by atoms with Gasteiger partial charge < -0.3 is 5.32 Å². The Kier molecular flexibility index (Phi) is 6.43. The number of fused-ring (bicyclic) bond motifs is 1. The van der Waals surface area contributed by atoms with Crippen molar-refractivity contribution in [1.82, 2.24) is 4.31 Å². The number of amides is 1. The smallest absolute Gasteiger partial charge is 0.257 e. The molecule has 0 heterocycles. The summed E-state index contributed by atoms with van der Waals surface area (Å²) in [5.74, 6) is -0.402. The molecule has 1 aliphatic carbocycles. The number of hydrogen-bond donors (Lipinski definition) is 1. The molecule has 0 aromatic heterocycles. The van der Waals surface area contributed by atoms with Crippen LogP contribution < -0.4 is 5.32 Å². The van der Waals surface area contributed by atoms with Crippen molar-refractivity contribution in [3.63, 3.8) is 0 Å². The molecule has 0 saturated heterocycles. The van der Waals surface area contributed by atoms with Gasteiger partial charge in [-0.05, 0) is 61.1 Å². The SMILES string of the molecule is CCN(CC)S(=O)(=O)c1ccc(Cl)c(C(=O)Nc2cccc3c2CCCC3)c1. The summed E-state index contributed by atoms with van der Waals surface area (Å²) in [5.41, 5.74) is 3.34. The number of hydrogen-bond acceptors (Lipinski definition) is 3. The number of rotatable bonds is 6. The van der Waals surface area contributed by atoms with Gasteiger partial charge >= 0.3 is 0 Å². The summed E-state index contributed by atoms with van der Waals surface area (Å²) in [5, 5.41) is 3.15. The molecule has 7 heteroatoms. The molecule has 1 N–H and O–H groups in total. The van der Waals surface area contributed by atoms with Crippen molar-refractivity contribution in [2.24, 2.45) is 0 Å². The van der Waals surface area contributed by atoms with E-state index >= 15 is 0 Å². The molecule has 0 radical (unpaired) electrons. The van der Waals surface area contributed by atoms with Gasteiger partial charge in [-0.25, -0.2) is 8.42 Å². The maximum atomic E-state index is 12.9. The minimum absolute atomic E-state index is 0.0702. The Morgan fingerprint density at radius 2 is 1.82 bits per heavy atom. The highest BCUT2D eigenvalue weighted by Crippen LogP contribution is 2.29. The molecule has 3 rings (SSSR count). The highest BCUT2D eigenvalue weighted by Gasteiger charge is 2.24. The molecular weight excluding hydrogens is 396 g/mol. The molecule has 150 valence electrons. The molecule has 0 unspecified atom stereocenters. The molecule has 0 atom stereocenters. The molecular formula is C21H25ClN2O3S.